The molecule has 29 heavy (non-hydrogen) atoms. The second kappa shape index (κ2) is 8.97. The fraction of sp³-hybridized carbons (Fsp3) is 0.609. The quantitative estimate of drug-likeness (QED) is 0.578. The number of benzene rings is 1. The molecule has 5 nitrogen and oxygen atoms in total. The lowest BCUT2D eigenvalue weighted by molar-refractivity contribution is 0.0196. The summed E-state index contributed by atoms with van der Waals surface area (Å²) in [5.74, 6) is 0.266. The minimum absolute atomic E-state index is 0.222. The van der Waals surface area contributed by atoms with Crippen LogP contribution in [0.5, 0.6) is 0 Å². The summed E-state index contributed by atoms with van der Waals surface area (Å²) in [6.07, 6.45) is 2.72. The van der Waals surface area contributed by atoms with E-state index in [1.807, 2.05) is 37.8 Å². The fourth-order valence-electron chi connectivity index (χ4n) is 4.37. The van der Waals surface area contributed by atoms with Gasteiger partial charge >= 0.3 is 6.09 Å². The largest absolute Gasteiger partial charge is 0.444 e. The van der Waals surface area contributed by atoms with Crippen LogP contribution in [0.4, 0.5) is 4.79 Å². The lowest BCUT2D eigenvalue weighted by Gasteiger charge is -2.35. The average Bonchev–Trinajstić information content (AvgIpc) is 2.94. The van der Waals surface area contributed by atoms with Gasteiger partial charge in [0.1, 0.15) is 5.60 Å². The van der Waals surface area contributed by atoms with Crippen molar-refractivity contribution in [2.75, 3.05) is 26.8 Å². The highest BCUT2D eigenvalue weighted by Gasteiger charge is 2.31. The Morgan fingerprint density at radius 2 is 2.07 bits per heavy atom. The van der Waals surface area contributed by atoms with Gasteiger partial charge in [0.2, 0.25) is 0 Å². The van der Waals surface area contributed by atoms with Crippen LogP contribution in [0, 0.1) is 6.92 Å². The van der Waals surface area contributed by atoms with Gasteiger partial charge in [0.25, 0.3) is 0 Å². The molecule has 0 saturated carbocycles. The van der Waals surface area contributed by atoms with E-state index >= 15 is 0 Å². The fourth-order valence-corrected chi connectivity index (χ4v) is 4.65. The molecule has 0 aliphatic carbocycles. The van der Waals surface area contributed by atoms with Crippen LogP contribution in [0.15, 0.2) is 18.2 Å². The molecule has 1 fully saturated rings. The van der Waals surface area contributed by atoms with Gasteiger partial charge < -0.3 is 18.9 Å². The van der Waals surface area contributed by atoms with E-state index in [2.05, 4.69) is 17.6 Å². The van der Waals surface area contributed by atoms with Gasteiger partial charge in [-0.15, -0.1) is 0 Å². The Labute approximate surface area is 178 Å². The second-order valence-corrected chi connectivity index (χ2v) is 9.32. The number of para-hydroxylation sites is 1. The van der Waals surface area contributed by atoms with Crippen molar-refractivity contribution >= 4 is 28.6 Å². The topological polar surface area (TPSA) is 43.7 Å². The number of halogens is 1. The van der Waals surface area contributed by atoms with E-state index in [-0.39, 0.29) is 12.0 Å². The van der Waals surface area contributed by atoms with Crippen molar-refractivity contribution < 1.29 is 14.3 Å². The number of piperidine rings is 1. The molecule has 0 N–H and O–H groups in total. The number of amides is 1. The van der Waals surface area contributed by atoms with E-state index in [9.17, 15) is 4.79 Å². The SMILES string of the molecule is COCCCn1c(C2CCCN(C(=O)OC(C)(C)C)C2)c(C)c2cccc(Cl)c21. The number of carbonyl (C=O) groups excluding carboxylic acids is 1. The van der Waals surface area contributed by atoms with Gasteiger partial charge in [-0.2, -0.15) is 0 Å². The van der Waals surface area contributed by atoms with Crippen LogP contribution < -0.4 is 0 Å². The normalized spacial score (nSPS) is 17.7. The minimum Gasteiger partial charge on any atom is -0.444 e. The number of methoxy groups -OCH3 is 1. The van der Waals surface area contributed by atoms with Crippen molar-refractivity contribution in [2.24, 2.45) is 0 Å². The predicted molar refractivity (Wildman–Crippen MR) is 118 cm³/mol. The second-order valence-electron chi connectivity index (χ2n) is 8.91. The van der Waals surface area contributed by atoms with Gasteiger partial charge in [0, 0.05) is 50.3 Å². The first-order valence-electron chi connectivity index (χ1n) is 10.5. The van der Waals surface area contributed by atoms with Gasteiger partial charge in [0.15, 0.2) is 0 Å². The molecule has 1 amide bonds. The zero-order valence-corrected chi connectivity index (χ0v) is 19.0. The molecule has 0 bridgehead atoms. The number of fused-ring (bicyclic) bond motifs is 1. The van der Waals surface area contributed by atoms with Crippen LogP contribution in [0.2, 0.25) is 5.02 Å². The zero-order chi connectivity index (χ0) is 21.2. The summed E-state index contributed by atoms with van der Waals surface area (Å²) in [5, 5.41) is 1.97. The molecule has 1 aromatic heterocycles. The van der Waals surface area contributed by atoms with Crippen LogP contribution in [0.3, 0.4) is 0 Å². The summed E-state index contributed by atoms with van der Waals surface area (Å²) in [4.78, 5) is 14.5. The van der Waals surface area contributed by atoms with Crippen molar-refractivity contribution in [3.8, 4) is 0 Å². The monoisotopic (exact) mass is 420 g/mol. The Morgan fingerprint density at radius 1 is 1.31 bits per heavy atom. The van der Waals surface area contributed by atoms with E-state index in [4.69, 9.17) is 21.1 Å². The number of hydrogen-bond donors (Lipinski definition) is 0. The summed E-state index contributed by atoms with van der Waals surface area (Å²) in [7, 11) is 1.73. The first kappa shape index (κ1) is 22.0. The number of nitrogens with zero attached hydrogens (tertiary/aromatic N) is 2. The molecule has 160 valence electrons. The maximum absolute atomic E-state index is 12.7. The van der Waals surface area contributed by atoms with Crippen molar-refractivity contribution in [1.29, 1.82) is 0 Å². The van der Waals surface area contributed by atoms with Gasteiger partial charge in [-0.3, -0.25) is 0 Å². The number of ether oxygens (including phenoxy) is 2. The smallest absolute Gasteiger partial charge is 0.410 e. The van der Waals surface area contributed by atoms with Crippen LogP contribution in [0.1, 0.15) is 57.2 Å². The molecule has 1 atom stereocenters. The number of likely N-dealkylation sites (tertiary alicyclic amines) is 1. The van der Waals surface area contributed by atoms with Crippen LogP contribution in [0.25, 0.3) is 10.9 Å². The highest BCUT2D eigenvalue weighted by molar-refractivity contribution is 6.35. The molecular formula is C23H33ClN2O3. The Morgan fingerprint density at radius 3 is 2.76 bits per heavy atom. The van der Waals surface area contributed by atoms with E-state index in [1.165, 1.54) is 16.6 Å². The lowest BCUT2D eigenvalue weighted by atomic mass is 9.92. The van der Waals surface area contributed by atoms with Gasteiger partial charge in [-0.1, -0.05) is 23.7 Å². The van der Waals surface area contributed by atoms with E-state index in [1.54, 1.807) is 7.11 Å². The maximum Gasteiger partial charge on any atom is 0.410 e. The average molecular weight is 421 g/mol. The molecule has 0 radical (unpaired) electrons. The number of carbonyl (C=O) groups is 1. The Hall–Kier alpha value is -1.72. The first-order valence-corrected chi connectivity index (χ1v) is 10.8. The van der Waals surface area contributed by atoms with Gasteiger partial charge in [-0.25, -0.2) is 4.79 Å². The molecular weight excluding hydrogens is 388 g/mol. The molecule has 1 saturated heterocycles. The third kappa shape index (κ3) is 4.89. The van der Waals surface area contributed by atoms with Crippen LogP contribution in [-0.4, -0.2) is 48.0 Å². The van der Waals surface area contributed by atoms with Crippen molar-refractivity contribution in [3.63, 3.8) is 0 Å². The highest BCUT2D eigenvalue weighted by Crippen LogP contribution is 2.38. The van der Waals surface area contributed by atoms with Crippen molar-refractivity contribution in [1.82, 2.24) is 9.47 Å². The first-order chi connectivity index (χ1) is 13.7. The third-order valence-corrected chi connectivity index (χ3v) is 5.83. The molecule has 0 spiro atoms. The highest BCUT2D eigenvalue weighted by atomic mass is 35.5. The Kier molecular flexibility index (Phi) is 6.79. The molecule has 2 aromatic rings. The number of hydrogen-bond acceptors (Lipinski definition) is 3. The summed E-state index contributed by atoms with van der Waals surface area (Å²) < 4.78 is 13.3. The summed E-state index contributed by atoms with van der Waals surface area (Å²) in [6.45, 7) is 10.9. The molecule has 1 aliphatic rings. The predicted octanol–water partition coefficient (Wildman–Crippen LogP) is 5.75. The van der Waals surface area contributed by atoms with Crippen molar-refractivity contribution in [2.45, 2.75) is 65.0 Å². The molecule has 1 aliphatic heterocycles. The van der Waals surface area contributed by atoms with Crippen LogP contribution in [-0.2, 0) is 16.0 Å². The summed E-state index contributed by atoms with van der Waals surface area (Å²) in [6, 6.07) is 6.10. The van der Waals surface area contributed by atoms with E-state index in [0.717, 1.165) is 42.9 Å². The lowest BCUT2D eigenvalue weighted by Crippen LogP contribution is -2.42. The zero-order valence-electron chi connectivity index (χ0n) is 18.3. The van der Waals surface area contributed by atoms with Crippen LogP contribution >= 0.6 is 11.6 Å². The number of aromatic nitrogens is 1. The standard InChI is InChI=1S/C23H33ClN2O3/c1-16-18-10-6-11-19(24)21(18)26(13-8-14-28-5)20(16)17-9-7-12-25(15-17)22(27)29-23(2,3)4/h6,10-11,17H,7-9,12-15H2,1-5H3. The number of rotatable bonds is 5. The third-order valence-electron chi connectivity index (χ3n) is 5.53. The van der Waals surface area contributed by atoms with Gasteiger partial charge in [0.05, 0.1) is 10.5 Å². The molecule has 3 rings (SSSR count). The van der Waals surface area contributed by atoms with Crippen molar-refractivity contribution in [3.05, 3.63) is 34.5 Å². The minimum atomic E-state index is -0.484. The Balaban J connectivity index is 1.95. The molecule has 2 heterocycles. The number of aryl methyl sites for hydroxylation is 2. The van der Waals surface area contributed by atoms with E-state index < -0.39 is 5.60 Å². The summed E-state index contributed by atoms with van der Waals surface area (Å²) >= 11 is 6.61. The molecule has 6 heteroatoms. The molecule has 1 aromatic carbocycles. The van der Waals surface area contributed by atoms with Gasteiger partial charge in [-0.05, 0) is 58.6 Å². The molecule has 1 unspecified atom stereocenters. The Bertz CT molecular complexity index is 869. The van der Waals surface area contributed by atoms with E-state index in [0.29, 0.717) is 13.2 Å². The summed E-state index contributed by atoms with van der Waals surface area (Å²) in [5.41, 5.74) is 3.16. The maximum atomic E-state index is 12.7.